The molecular formula is C82H159NO5. The fourth-order valence-corrected chi connectivity index (χ4v) is 13.1. The van der Waals surface area contributed by atoms with Gasteiger partial charge in [-0.1, -0.05) is 417 Å². The number of amides is 1. The first-order valence-corrected chi connectivity index (χ1v) is 40.6. The Morgan fingerprint density at radius 3 is 0.864 bits per heavy atom. The minimum Gasteiger partial charge on any atom is -0.466 e. The molecule has 6 nitrogen and oxygen atoms in total. The van der Waals surface area contributed by atoms with Gasteiger partial charge in [0.2, 0.25) is 5.91 Å². The van der Waals surface area contributed by atoms with Crippen molar-refractivity contribution in [3.8, 4) is 0 Å². The molecule has 0 saturated heterocycles. The molecule has 0 heterocycles. The van der Waals surface area contributed by atoms with Crippen LogP contribution < -0.4 is 5.32 Å². The van der Waals surface area contributed by atoms with Crippen molar-refractivity contribution < 1.29 is 24.5 Å². The van der Waals surface area contributed by atoms with Crippen LogP contribution in [0.25, 0.3) is 0 Å². The van der Waals surface area contributed by atoms with E-state index in [1.165, 1.54) is 385 Å². The third-order valence-electron chi connectivity index (χ3n) is 19.3. The number of aliphatic hydroxyl groups is 2. The molecule has 0 aliphatic carbocycles. The number of carbonyl (C=O) groups is 2. The summed E-state index contributed by atoms with van der Waals surface area (Å²) in [6.45, 7) is 5.01. The number of ether oxygens (including phenoxy) is 1. The minimum absolute atomic E-state index is 0.0193. The molecule has 0 spiro atoms. The lowest BCUT2D eigenvalue weighted by atomic mass is 10.0. The summed E-state index contributed by atoms with van der Waals surface area (Å²) in [5, 5.41) is 23.5. The second-order valence-corrected chi connectivity index (χ2v) is 28.1. The molecule has 0 aliphatic rings. The molecule has 2 unspecified atom stereocenters. The van der Waals surface area contributed by atoms with Crippen LogP contribution >= 0.6 is 0 Å². The van der Waals surface area contributed by atoms with Crippen molar-refractivity contribution in [3.05, 3.63) is 24.3 Å². The van der Waals surface area contributed by atoms with Gasteiger partial charge in [-0.25, -0.2) is 0 Å². The van der Waals surface area contributed by atoms with Crippen LogP contribution in [-0.4, -0.2) is 47.4 Å². The van der Waals surface area contributed by atoms with Crippen LogP contribution in [-0.2, 0) is 14.3 Å². The van der Waals surface area contributed by atoms with E-state index >= 15 is 0 Å². The van der Waals surface area contributed by atoms with Crippen molar-refractivity contribution >= 4 is 11.9 Å². The molecule has 88 heavy (non-hydrogen) atoms. The average molecular weight is 1240 g/mol. The molecule has 0 radical (unpaired) electrons. The second kappa shape index (κ2) is 77.8. The zero-order chi connectivity index (χ0) is 63.5. The van der Waals surface area contributed by atoms with Crippen molar-refractivity contribution in [1.82, 2.24) is 5.32 Å². The number of aliphatic hydroxyl groups excluding tert-OH is 2. The molecule has 1 amide bonds. The Hall–Kier alpha value is -1.66. The normalized spacial score (nSPS) is 12.5. The highest BCUT2D eigenvalue weighted by Crippen LogP contribution is 2.20. The quantitative estimate of drug-likeness (QED) is 0.0320. The minimum atomic E-state index is -0.664. The van der Waals surface area contributed by atoms with Crippen LogP contribution in [0.4, 0.5) is 0 Å². The molecular weight excluding hydrogens is 1080 g/mol. The molecule has 0 aliphatic heterocycles. The number of hydrogen-bond donors (Lipinski definition) is 3. The van der Waals surface area contributed by atoms with Crippen molar-refractivity contribution in [2.45, 2.75) is 475 Å². The molecule has 0 rings (SSSR count). The first kappa shape index (κ1) is 86.3. The Kier molecular flexibility index (Phi) is 76.3. The molecule has 3 N–H and O–H groups in total. The van der Waals surface area contributed by atoms with Crippen LogP contribution in [0.2, 0.25) is 0 Å². The largest absolute Gasteiger partial charge is 0.466 e. The summed E-state index contributed by atoms with van der Waals surface area (Å²) in [7, 11) is 0. The monoisotopic (exact) mass is 1240 g/mol. The van der Waals surface area contributed by atoms with E-state index in [1.54, 1.807) is 0 Å². The summed E-state index contributed by atoms with van der Waals surface area (Å²) >= 11 is 0. The second-order valence-electron chi connectivity index (χ2n) is 28.1. The number of nitrogens with one attached hydrogen (secondary N) is 1. The lowest BCUT2D eigenvalue weighted by Gasteiger charge is -2.22. The summed E-state index contributed by atoms with van der Waals surface area (Å²) in [5.74, 6) is -0.00843. The average Bonchev–Trinajstić information content (AvgIpc) is 3.58. The summed E-state index contributed by atoms with van der Waals surface area (Å²) in [5.41, 5.74) is 0. The van der Waals surface area contributed by atoms with Gasteiger partial charge in [-0.3, -0.25) is 9.59 Å². The maximum absolute atomic E-state index is 12.6. The first-order valence-electron chi connectivity index (χ1n) is 40.6. The lowest BCUT2D eigenvalue weighted by molar-refractivity contribution is -0.143. The van der Waals surface area contributed by atoms with Crippen molar-refractivity contribution in [1.29, 1.82) is 0 Å². The Morgan fingerprint density at radius 1 is 0.318 bits per heavy atom. The molecule has 0 aromatic carbocycles. The smallest absolute Gasteiger partial charge is 0.305 e. The Bertz CT molecular complexity index is 1380. The maximum Gasteiger partial charge on any atom is 0.305 e. The third kappa shape index (κ3) is 73.4. The van der Waals surface area contributed by atoms with E-state index in [0.29, 0.717) is 25.9 Å². The zero-order valence-electron chi connectivity index (χ0n) is 60.0. The molecule has 522 valence electrons. The number of rotatable bonds is 77. The van der Waals surface area contributed by atoms with E-state index in [-0.39, 0.29) is 18.5 Å². The maximum atomic E-state index is 12.6. The van der Waals surface area contributed by atoms with E-state index in [0.717, 1.165) is 44.9 Å². The highest BCUT2D eigenvalue weighted by molar-refractivity contribution is 5.76. The Balaban J connectivity index is 3.37. The fourth-order valence-electron chi connectivity index (χ4n) is 13.1. The van der Waals surface area contributed by atoms with Gasteiger partial charge in [-0.2, -0.15) is 0 Å². The van der Waals surface area contributed by atoms with Gasteiger partial charge in [-0.15, -0.1) is 0 Å². The van der Waals surface area contributed by atoms with E-state index in [2.05, 4.69) is 43.5 Å². The molecule has 0 saturated carbocycles. The van der Waals surface area contributed by atoms with Gasteiger partial charge in [-0.05, 0) is 57.8 Å². The fraction of sp³-hybridized carbons (Fsp3) is 0.927. The van der Waals surface area contributed by atoms with Crippen molar-refractivity contribution in [2.75, 3.05) is 13.2 Å². The number of hydrogen-bond acceptors (Lipinski definition) is 5. The highest BCUT2D eigenvalue weighted by atomic mass is 16.5. The van der Waals surface area contributed by atoms with Crippen LogP contribution in [0.15, 0.2) is 24.3 Å². The van der Waals surface area contributed by atoms with Crippen LogP contribution in [0.3, 0.4) is 0 Å². The SMILES string of the molecule is CCCCCCCCCCCCCCCCCCCCCCCC(O)C(CO)NC(=O)CCCCCCCCCCCCCCCCCCC/C=C\C/C=C\CCCCCCCCCCCOC(=O)CCCCCCCCCCCCCCCCCCC. The number of carbonyl (C=O) groups excluding carboxylic acids is 2. The van der Waals surface area contributed by atoms with E-state index in [1.807, 2.05) is 0 Å². The number of allylic oxidation sites excluding steroid dienone is 4. The van der Waals surface area contributed by atoms with E-state index in [9.17, 15) is 19.8 Å². The number of unbranched alkanes of at least 4 members (excludes halogenated alkanes) is 62. The molecule has 0 fully saturated rings. The lowest BCUT2D eigenvalue weighted by Crippen LogP contribution is -2.45. The third-order valence-corrected chi connectivity index (χ3v) is 19.3. The highest BCUT2D eigenvalue weighted by Gasteiger charge is 2.20. The van der Waals surface area contributed by atoms with Gasteiger partial charge in [0.05, 0.1) is 25.4 Å². The van der Waals surface area contributed by atoms with Gasteiger partial charge < -0.3 is 20.3 Å². The van der Waals surface area contributed by atoms with Gasteiger partial charge in [0, 0.05) is 12.8 Å². The molecule has 0 bridgehead atoms. The van der Waals surface area contributed by atoms with E-state index < -0.39 is 12.1 Å². The number of esters is 1. The first-order chi connectivity index (χ1) is 43.5. The zero-order valence-corrected chi connectivity index (χ0v) is 60.0. The topological polar surface area (TPSA) is 95.9 Å². The van der Waals surface area contributed by atoms with Gasteiger partial charge >= 0.3 is 5.97 Å². The Morgan fingerprint density at radius 2 is 0.568 bits per heavy atom. The molecule has 0 aromatic heterocycles. The summed E-state index contributed by atoms with van der Waals surface area (Å²) < 4.78 is 5.51. The predicted octanol–water partition coefficient (Wildman–Crippen LogP) is 26.8. The summed E-state index contributed by atoms with van der Waals surface area (Å²) in [6.07, 6.45) is 99.9. The van der Waals surface area contributed by atoms with E-state index in [4.69, 9.17) is 4.74 Å². The van der Waals surface area contributed by atoms with Crippen LogP contribution in [0, 0.1) is 0 Å². The van der Waals surface area contributed by atoms with Gasteiger partial charge in [0.1, 0.15) is 0 Å². The van der Waals surface area contributed by atoms with Crippen LogP contribution in [0.5, 0.6) is 0 Å². The molecule has 0 aromatic rings. The molecule has 2 atom stereocenters. The summed E-state index contributed by atoms with van der Waals surface area (Å²) in [4.78, 5) is 24.7. The molecule has 6 heteroatoms. The van der Waals surface area contributed by atoms with Crippen molar-refractivity contribution in [2.24, 2.45) is 0 Å². The summed E-state index contributed by atoms with van der Waals surface area (Å²) in [6, 6.07) is -0.541. The van der Waals surface area contributed by atoms with Gasteiger partial charge in [0.25, 0.3) is 0 Å². The van der Waals surface area contributed by atoms with Crippen molar-refractivity contribution in [3.63, 3.8) is 0 Å². The Labute approximate surface area is 551 Å². The predicted molar refractivity (Wildman–Crippen MR) is 389 cm³/mol. The van der Waals surface area contributed by atoms with Crippen LogP contribution in [0.1, 0.15) is 463 Å². The van der Waals surface area contributed by atoms with Gasteiger partial charge in [0.15, 0.2) is 0 Å². The standard InChI is InChI=1S/C82H159NO5/c1-3-5-7-9-11-13-15-17-19-21-22-36-39-43-46-50-54-58-62-66-70-74-80(85)79(78-84)83-81(86)75-71-67-63-59-55-51-47-44-40-37-34-32-30-28-26-24-23-25-27-29-31-33-35-38-41-45-49-53-57-61-65-69-73-77-88-82(87)76-72-68-64-60-56-52-48-42-20-18-16-14-12-10-8-6-4-2/h27,29,33,35,79-80,84-85H,3-26,28,30-32,34,36-78H2,1-2H3,(H,83,86)/b29-27-,35-33-.